The molecule has 3 saturated carbocycles. The summed E-state index contributed by atoms with van der Waals surface area (Å²) in [5.41, 5.74) is 1.60. The van der Waals surface area contributed by atoms with Gasteiger partial charge in [0.25, 0.3) is 0 Å². The van der Waals surface area contributed by atoms with E-state index in [2.05, 4.69) is 22.9 Å². The van der Waals surface area contributed by atoms with Gasteiger partial charge in [0.15, 0.2) is 5.78 Å². The van der Waals surface area contributed by atoms with Gasteiger partial charge in [-0.3, -0.25) is 9.59 Å². The number of carbonyl (C=O) groups is 2. The fourth-order valence-corrected chi connectivity index (χ4v) is 6.65. The lowest BCUT2D eigenvalue weighted by Crippen LogP contribution is -2.48. The van der Waals surface area contributed by atoms with Crippen LogP contribution in [0.15, 0.2) is 11.6 Å². The summed E-state index contributed by atoms with van der Waals surface area (Å²) in [4.78, 5) is 23.5. The van der Waals surface area contributed by atoms with Gasteiger partial charge in [0.2, 0.25) is 0 Å². The van der Waals surface area contributed by atoms with Gasteiger partial charge in [-0.15, -0.1) is 0 Å². The quantitative estimate of drug-likeness (QED) is 0.513. The van der Waals surface area contributed by atoms with Crippen LogP contribution in [0.2, 0.25) is 0 Å². The molecule has 0 amide bonds. The van der Waals surface area contributed by atoms with Crippen molar-refractivity contribution in [2.75, 3.05) is 5.33 Å². The zero-order chi connectivity index (χ0) is 16.9. The maximum Gasteiger partial charge on any atom is 0.316 e. The van der Waals surface area contributed by atoms with Crippen LogP contribution in [0.5, 0.6) is 0 Å². The highest BCUT2D eigenvalue weighted by Gasteiger charge is 2.57. The van der Waals surface area contributed by atoms with Crippen LogP contribution in [-0.2, 0) is 14.3 Å². The van der Waals surface area contributed by atoms with Gasteiger partial charge >= 0.3 is 5.97 Å². The molecule has 5 unspecified atom stereocenters. The number of esters is 1. The van der Waals surface area contributed by atoms with Gasteiger partial charge in [-0.2, -0.15) is 0 Å². The van der Waals surface area contributed by atoms with Crippen LogP contribution in [0.25, 0.3) is 0 Å². The zero-order valence-electron chi connectivity index (χ0n) is 14.4. The highest BCUT2D eigenvalue weighted by molar-refractivity contribution is 9.09. The number of rotatable bonds is 2. The molecule has 6 atom stereocenters. The van der Waals surface area contributed by atoms with Crippen molar-refractivity contribution in [3.05, 3.63) is 11.6 Å². The average molecular weight is 395 g/mol. The van der Waals surface area contributed by atoms with Gasteiger partial charge in [0.05, 0.1) is 0 Å². The molecule has 4 aliphatic carbocycles. The molecule has 0 bridgehead atoms. The third-order valence-electron chi connectivity index (χ3n) is 7.60. The van der Waals surface area contributed by atoms with E-state index in [1.54, 1.807) is 0 Å². The molecule has 3 fully saturated rings. The van der Waals surface area contributed by atoms with Gasteiger partial charge in [-0.05, 0) is 74.7 Å². The summed E-state index contributed by atoms with van der Waals surface area (Å²) < 4.78 is 5.79. The van der Waals surface area contributed by atoms with Crippen molar-refractivity contribution in [1.82, 2.24) is 0 Å². The molecule has 0 radical (unpaired) electrons. The predicted octanol–water partition coefficient (Wildman–Crippen LogP) is 4.43. The van der Waals surface area contributed by atoms with Crippen LogP contribution < -0.4 is 0 Å². The molecule has 4 aliphatic rings. The number of halogens is 1. The third-order valence-corrected chi connectivity index (χ3v) is 8.05. The van der Waals surface area contributed by atoms with Crippen molar-refractivity contribution in [2.24, 2.45) is 29.1 Å². The monoisotopic (exact) mass is 394 g/mol. The fraction of sp³-hybridized carbons (Fsp3) is 0.800. The smallest absolute Gasteiger partial charge is 0.316 e. The van der Waals surface area contributed by atoms with Gasteiger partial charge in [-0.1, -0.05) is 28.4 Å². The molecule has 4 rings (SSSR count). The molecule has 24 heavy (non-hydrogen) atoms. The summed E-state index contributed by atoms with van der Waals surface area (Å²) in [5.74, 6) is 3.05. The SMILES string of the molecule is CC12CCC3C4CCC(=O)C=C4CCC3C1CC[C@@H]2OC(=O)CBr. The molecule has 0 spiro atoms. The minimum atomic E-state index is -0.122. The van der Waals surface area contributed by atoms with Crippen LogP contribution in [0.1, 0.15) is 58.3 Å². The summed E-state index contributed by atoms with van der Waals surface area (Å²) in [6.45, 7) is 2.36. The Hall–Kier alpha value is -0.640. The molecular weight excluding hydrogens is 368 g/mol. The number of allylic oxidation sites excluding steroid dienone is 1. The van der Waals surface area contributed by atoms with Crippen LogP contribution in [0.3, 0.4) is 0 Å². The number of carbonyl (C=O) groups excluding carboxylic acids is 2. The Balaban J connectivity index is 1.54. The molecule has 0 saturated heterocycles. The summed E-state index contributed by atoms with van der Waals surface area (Å²) in [6, 6.07) is 0. The van der Waals surface area contributed by atoms with E-state index in [1.165, 1.54) is 24.8 Å². The Morgan fingerprint density at radius 3 is 2.83 bits per heavy atom. The Kier molecular flexibility index (Phi) is 4.39. The Bertz CT molecular complexity index is 583. The lowest BCUT2D eigenvalue weighted by Gasteiger charge is -2.53. The van der Waals surface area contributed by atoms with Crippen LogP contribution in [-0.4, -0.2) is 23.2 Å². The van der Waals surface area contributed by atoms with E-state index in [0.29, 0.717) is 22.9 Å². The van der Waals surface area contributed by atoms with E-state index in [9.17, 15) is 9.59 Å². The summed E-state index contributed by atoms with van der Waals surface area (Å²) in [5, 5.41) is 0.292. The lowest BCUT2D eigenvalue weighted by molar-refractivity contribution is -0.155. The number of fused-ring (bicyclic) bond motifs is 5. The highest BCUT2D eigenvalue weighted by Crippen LogP contribution is 2.62. The maximum atomic E-state index is 11.8. The van der Waals surface area contributed by atoms with E-state index in [0.717, 1.165) is 43.9 Å². The second kappa shape index (κ2) is 6.26. The Morgan fingerprint density at radius 2 is 2.04 bits per heavy atom. The fourth-order valence-electron chi connectivity index (χ4n) is 6.52. The minimum absolute atomic E-state index is 0.0957. The van der Waals surface area contributed by atoms with Gasteiger partial charge in [0.1, 0.15) is 11.4 Å². The number of ketones is 1. The third kappa shape index (κ3) is 2.60. The predicted molar refractivity (Wildman–Crippen MR) is 95.8 cm³/mol. The first-order valence-corrected chi connectivity index (χ1v) is 10.6. The molecule has 0 aromatic rings. The zero-order valence-corrected chi connectivity index (χ0v) is 16.0. The second-order valence-corrected chi connectivity index (χ2v) is 9.10. The largest absolute Gasteiger partial charge is 0.461 e. The molecule has 0 heterocycles. The van der Waals surface area contributed by atoms with Crippen LogP contribution in [0, 0.1) is 29.1 Å². The van der Waals surface area contributed by atoms with Gasteiger partial charge in [-0.25, -0.2) is 0 Å². The van der Waals surface area contributed by atoms with E-state index in [-0.39, 0.29) is 17.5 Å². The van der Waals surface area contributed by atoms with Crippen molar-refractivity contribution >= 4 is 27.7 Å². The highest BCUT2D eigenvalue weighted by atomic mass is 79.9. The number of alkyl halides is 1. The molecule has 0 N–H and O–H groups in total. The topological polar surface area (TPSA) is 43.4 Å². The first-order chi connectivity index (χ1) is 11.5. The normalized spacial score (nSPS) is 44.2. The lowest BCUT2D eigenvalue weighted by atomic mass is 9.52. The molecule has 132 valence electrons. The Labute approximate surface area is 152 Å². The number of hydrogen-bond donors (Lipinski definition) is 0. The van der Waals surface area contributed by atoms with Crippen LogP contribution >= 0.6 is 15.9 Å². The molecule has 0 aromatic heterocycles. The molecule has 4 heteroatoms. The van der Waals surface area contributed by atoms with Gasteiger partial charge < -0.3 is 4.74 Å². The van der Waals surface area contributed by atoms with E-state index in [4.69, 9.17) is 4.74 Å². The molecule has 0 aliphatic heterocycles. The van der Waals surface area contributed by atoms with Gasteiger partial charge in [0, 0.05) is 11.8 Å². The second-order valence-electron chi connectivity index (χ2n) is 8.54. The van der Waals surface area contributed by atoms with E-state index < -0.39 is 0 Å². The number of hydrogen-bond acceptors (Lipinski definition) is 3. The maximum absolute atomic E-state index is 11.8. The number of ether oxygens (including phenoxy) is 1. The van der Waals surface area contributed by atoms with E-state index in [1.807, 2.05) is 6.08 Å². The van der Waals surface area contributed by atoms with Crippen molar-refractivity contribution in [2.45, 2.75) is 64.4 Å². The minimum Gasteiger partial charge on any atom is -0.461 e. The van der Waals surface area contributed by atoms with Crippen LogP contribution in [0.4, 0.5) is 0 Å². The first-order valence-electron chi connectivity index (χ1n) is 9.51. The Morgan fingerprint density at radius 1 is 1.21 bits per heavy atom. The van der Waals surface area contributed by atoms with Crippen molar-refractivity contribution < 1.29 is 14.3 Å². The summed E-state index contributed by atoms with van der Waals surface area (Å²) >= 11 is 3.22. The molecule has 0 aromatic carbocycles. The van der Waals surface area contributed by atoms with Crippen molar-refractivity contribution in [3.63, 3.8) is 0 Å². The van der Waals surface area contributed by atoms with Crippen molar-refractivity contribution in [1.29, 1.82) is 0 Å². The molecule has 3 nitrogen and oxygen atoms in total. The standard InChI is InChI=1S/C20H27BrO3/c1-20-9-8-15-14-5-3-13(22)10-12(14)2-4-16(15)17(20)6-7-18(20)24-19(23)11-21/h10,14-18H,2-9,11H2,1H3/t14?,15?,16?,17?,18-,20?/m0/s1. The van der Waals surface area contributed by atoms with E-state index >= 15 is 0 Å². The van der Waals surface area contributed by atoms with Crippen molar-refractivity contribution in [3.8, 4) is 0 Å². The summed E-state index contributed by atoms with van der Waals surface area (Å²) in [6.07, 6.45) is 10.8. The average Bonchev–Trinajstić information content (AvgIpc) is 2.90. The summed E-state index contributed by atoms with van der Waals surface area (Å²) in [7, 11) is 0. The first kappa shape index (κ1) is 16.8. The molecular formula is C20H27BrO3.